The van der Waals surface area contributed by atoms with Crippen LogP contribution in [-0.4, -0.2) is 41.3 Å². The van der Waals surface area contributed by atoms with Crippen molar-refractivity contribution in [3.8, 4) is 28.3 Å². The van der Waals surface area contributed by atoms with Crippen molar-refractivity contribution in [1.29, 1.82) is 0 Å². The van der Waals surface area contributed by atoms with E-state index in [-0.39, 0.29) is 19.1 Å². The number of methoxy groups -OCH3 is 1. The first-order valence-corrected chi connectivity index (χ1v) is 11.0. The van der Waals surface area contributed by atoms with Gasteiger partial charge in [0.15, 0.2) is 5.65 Å². The number of hydrogen-bond donors (Lipinski definition) is 2. The number of benzene rings is 1. The van der Waals surface area contributed by atoms with E-state index < -0.39 is 5.69 Å². The van der Waals surface area contributed by atoms with E-state index in [9.17, 15) is 9.90 Å². The Hall–Kier alpha value is -4.28. The number of aromatic nitrogens is 6. The zero-order valence-corrected chi connectivity index (χ0v) is 19.3. The largest absolute Gasteiger partial charge is 0.481 e. The molecule has 5 aromatic rings. The molecule has 0 spiro atoms. The first kappa shape index (κ1) is 22.5. The second-order valence-electron chi connectivity index (χ2n) is 7.67. The molecule has 1 aromatic carbocycles. The maximum atomic E-state index is 13.3. The molecule has 0 amide bonds. The van der Waals surface area contributed by atoms with Gasteiger partial charge in [0.25, 0.3) is 0 Å². The van der Waals surface area contributed by atoms with E-state index >= 15 is 0 Å². The summed E-state index contributed by atoms with van der Waals surface area (Å²) in [7, 11) is 1.49. The van der Waals surface area contributed by atoms with E-state index in [1.54, 1.807) is 24.3 Å². The Morgan fingerprint density at radius 3 is 2.54 bits per heavy atom. The molecule has 0 saturated carbocycles. The lowest BCUT2D eigenvalue weighted by atomic mass is 10.00. The van der Waals surface area contributed by atoms with Gasteiger partial charge < -0.3 is 15.6 Å². The number of anilines is 1. The molecule has 0 unspecified atom stereocenters. The molecule has 0 atom stereocenters. The summed E-state index contributed by atoms with van der Waals surface area (Å²) in [4.78, 5) is 26.4. The van der Waals surface area contributed by atoms with Crippen molar-refractivity contribution in [2.45, 2.75) is 13.2 Å². The number of hydrogen-bond acceptors (Lipinski definition) is 8. The van der Waals surface area contributed by atoms with Crippen molar-refractivity contribution < 1.29 is 9.84 Å². The molecule has 176 valence electrons. The van der Waals surface area contributed by atoms with Crippen LogP contribution in [0.25, 0.3) is 28.0 Å². The molecule has 3 N–H and O–H groups in total. The van der Waals surface area contributed by atoms with E-state index in [2.05, 4.69) is 20.1 Å². The van der Waals surface area contributed by atoms with Crippen LogP contribution in [0.15, 0.2) is 65.6 Å². The second kappa shape index (κ2) is 9.16. The number of fused-ring (bicyclic) bond motifs is 1. The Kier molecular flexibility index (Phi) is 5.89. The summed E-state index contributed by atoms with van der Waals surface area (Å²) in [5.74, 6) is 0.291. The van der Waals surface area contributed by atoms with Crippen molar-refractivity contribution >= 4 is 23.2 Å². The second-order valence-corrected chi connectivity index (χ2v) is 8.11. The maximum Gasteiger partial charge on any atom is 0.353 e. The average molecular weight is 490 g/mol. The molecule has 0 saturated heterocycles. The van der Waals surface area contributed by atoms with Gasteiger partial charge >= 0.3 is 5.69 Å². The van der Waals surface area contributed by atoms with Crippen molar-refractivity contribution in [2.24, 2.45) is 0 Å². The third-order valence-electron chi connectivity index (χ3n) is 5.42. The Balaban J connectivity index is 1.81. The van der Waals surface area contributed by atoms with Crippen LogP contribution in [0.1, 0.15) is 11.4 Å². The quantitative estimate of drug-likeness (QED) is 0.372. The molecule has 10 nitrogen and oxygen atoms in total. The summed E-state index contributed by atoms with van der Waals surface area (Å²) >= 11 is 5.94. The highest BCUT2D eigenvalue weighted by atomic mass is 35.5. The number of nitrogen functional groups attached to an aromatic ring is 1. The van der Waals surface area contributed by atoms with Crippen LogP contribution in [0, 0.1) is 0 Å². The number of rotatable bonds is 6. The Labute approximate surface area is 204 Å². The fourth-order valence-corrected chi connectivity index (χ4v) is 3.93. The number of halogens is 1. The van der Waals surface area contributed by atoms with Crippen LogP contribution < -0.4 is 16.2 Å². The molecule has 0 aliphatic heterocycles. The van der Waals surface area contributed by atoms with Gasteiger partial charge in [0.1, 0.15) is 0 Å². The van der Waals surface area contributed by atoms with Gasteiger partial charge in [-0.3, -0.25) is 4.98 Å². The van der Waals surface area contributed by atoms with Gasteiger partial charge in [-0.15, -0.1) is 5.10 Å². The minimum absolute atomic E-state index is 0.00804. The van der Waals surface area contributed by atoms with Crippen LogP contribution >= 0.6 is 11.6 Å². The molecule has 5 rings (SSSR count). The smallest absolute Gasteiger partial charge is 0.353 e. The molecule has 35 heavy (non-hydrogen) atoms. The van der Waals surface area contributed by atoms with Gasteiger partial charge in [0.2, 0.25) is 11.8 Å². The predicted molar refractivity (Wildman–Crippen MR) is 131 cm³/mol. The minimum Gasteiger partial charge on any atom is -0.481 e. The maximum absolute atomic E-state index is 13.3. The third kappa shape index (κ3) is 4.20. The molecule has 0 aliphatic carbocycles. The van der Waals surface area contributed by atoms with Gasteiger partial charge in [0.05, 0.1) is 47.9 Å². The molecule has 11 heteroatoms. The van der Waals surface area contributed by atoms with Crippen LogP contribution in [0.2, 0.25) is 5.02 Å². The van der Waals surface area contributed by atoms with Crippen LogP contribution in [0.5, 0.6) is 5.88 Å². The fourth-order valence-electron chi connectivity index (χ4n) is 3.82. The van der Waals surface area contributed by atoms with Crippen LogP contribution in [0.4, 0.5) is 5.95 Å². The lowest BCUT2D eigenvalue weighted by Gasteiger charge is -2.13. The monoisotopic (exact) mass is 489 g/mol. The molecule has 0 fully saturated rings. The third-order valence-corrected chi connectivity index (χ3v) is 5.64. The van der Waals surface area contributed by atoms with Gasteiger partial charge in [-0.05, 0) is 23.8 Å². The molecule has 4 heterocycles. The Morgan fingerprint density at radius 2 is 1.86 bits per heavy atom. The summed E-state index contributed by atoms with van der Waals surface area (Å²) in [6, 6.07) is 16.2. The number of nitrogens with zero attached hydrogens (tertiary/aromatic N) is 6. The summed E-state index contributed by atoms with van der Waals surface area (Å²) in [6.45, 7) is -0.189. The molecular formula is C24H20ClN7O3. The Morgan fingerprint density at radius 1 is 1.06 bits per heavy atom. The normalized spacial score (nSPS) is 11.2. The first-order chi connectivity index (χ1) is 17.0. The summed E-state index contributed by atoms with van der Waals surface area (Å²) < 4.78 is 7.86. The SMILES string of the molecule is COc1cc(-c2c(-c3ccccc3)nc(N)n3c(=O)n(Cc4ccc(Cl)cn4)nc23)cc(CO)n1. The Bertz CT molecular complexity index is 1560. The zero-order chi connectivity index (χ0) is 24.5. The fraction of sp³-hybridized carbons (Fsp3) is 0.125. The van der Waals surface area contributed by atoms with Crippen molar-refractivity contribution in [3.63, 3.8) is 0 Å². The van der Waals surface area contributed by atoms with Crippen molar-refractivity contribution in [3.05, 3.63) is 87.7 Å². The number of nitrogens with two attached hydrogens (primary N) is 1. The zero-order valence-electron chi connectivity index (χ0n) is 18.6. The van der Waals surface area contributed by atoms with Crippen molar-refractivity contribution in [2.75, 3.05) is 12.8 Å². The van der Waals surface area contributed by atoms with E-state index in [1.165, 1.54) is 22.4 Å². The van der Waals surface area contributed by atoms with E-state index in [0.717, 1.165) is 5.56 Å². The van der Waals surface area contributed by atoms with Gasteiger partial charge in [-0.25, -0.2) is 23.8 Å². The van der Waals surface area contributed by atoms with Crippen LogP contribution in [-0.2, 0) is 13.2 Å². The van der Waals surface area contributed by atoms with Crippen molar-refractivity contribution in [1.82, 2.24) is 29.1 Å². The predicted octanol–water partition coefficient (Wildman–Crippen LogP) is 2.80. The number of aliphatic hydroxyl groups excluding tert-OH is 1. The van der Waals surface area contributed by atoms with E-state index in [4.69, 9.17) is 22.1 Å². The highest BCUT2D eigenvalue weighted by molar-refractivity contribution is 6.30. The van der Waals surface area contributed by atoms with Gasteiger partial charge in [-0.1, -0.05) is 41.9 Å². The molecule has 0 bridgehead atoms. The molecular weight excluding hydrogens is 470 g/mol. The average Bonchev–Trinajstić information content (AvgIpc) is 3.21. The van der Waals surface area contributed by atoms with Gasteiger partial charge in [0, 0.05) is 17.8 Å². The molecule has 4 aromatic heterocycles. The molecule has 0 radical (unpaired) electrons. The highest BCUT2D eigenvalue weighted by Crippen LogP contribution is 2.35. The van der Waals surface area contributed by atoms with E-state index in [1.807, 2.05) is 30.3 Å². The minimum atomic E-state index is -0.467. The lowest BCUT2D eigenvalue weighted by Crippen LogP contribution is -2.24. The number of ether oxygens (including phenoxy) is 1. The van der Waals surface area contributed by atoms with Gasteiger partial charge in [-0.2, -0.15) is 0 Å². The standard InChI is InChI=1S/C24H20ClN7O3/c1-35-19-10-15(9-18(13-33)28-19)20-21(14-5-3-2-4-6-14)29-23(26)32-22(20)30-31(24(32)34)12-17-8-7-16(25)11-27-17/h2-11,33H,12-13H2,1H3,(H2,26,29). The van der Waals surface area contributed by atoms with Crippen LogP contribution in [0.3, 0.4) is 0 Å². The first-order valence-electron chi connectivity index (χ1n) is 10.6. The number of aliphatic hydroxyl groups is 1. The summed E-state index contributed by atoms with van der Waals surface area (Å²) in [5, 5.41) is 14.9. The summed E-state index contributed by atoms with van der Waals surface area (Å²) in [6.07, 6.45) is 1.51. The highest BCUT2D eigenvalue weighted by Gasteiger charge is 2.22. The summed E-state index contributed by atoms with van der Waals surface area (Å²) in [5.41, 5.74) is 9.54. The topological polar surface area (TPSA) is 133 Å². The molecule has 0 aliphatic rings. The number of pyridine rings is 2. The van der Waals surface area contributed by atoms with E-state index in [0.29, 0.717) is 44.8 Å². The lowest BCUT2D eigenvalue weighted by molar-refractivity contribution is 0.274.